The summed E-state index contributed by atoms with van der Waals surface area (Å²) >= 11 is 0. The Morgan fingerprint density at radius 1 is 0.290 bits per heavy atom. The summed E-state index contributed by atoms with van der Waals surface area (Å²) < 4.78 is 9.37. The molecule has 0 radical (unpaired) electrons. The lowest BCUT2D eigenvalue weighted by Crippen LogP contribution is -2.10. The van der Waals surface area contributed by atoms with Crippen molar-refractivity contribution in [1.82, 2.24) is 4.57 Å². The average Bonchev–Trinajstić information content (AvgIpc) is 3.98. The predicted molar refractivity (Wildman–Crippen MR) is 292 cm³/mol. The van der Waals surface area contributed by atoms with Crippen molar-refractivity contribution in [3.05, 3.63) is 255 Å². The van der Waals surface area contributed by atoms with E-state index in [9.17, 15) is 0 Å². The van der Waals surface area contributed by atoms with Gasteiger partial charge in [-0.25, -0.2) is 0 Å². The quantitative estimate of drug-likeness (QED) is 0.149. The van der Waals surface area contributed by atoms with E-state index >= 15 is 0 Å². The summed E-state index contributed by atoms with van der Waals surface area (Å²) in [6.45, 7) is 0. The highest BCUT2D eigenvalue weighted by molar-refractivity contribution is 6.18. The second-order valence-corrected chi connectivity index (χ2v) is 18.0. The molecule has 69 heavy (non-hydrogen) atoms. The van der Waals surface area contributed by atoms with Crippen molar-refractivity contribution in [2.24, 2.45) is 0 Å². The van der Waals surface area contributed by atoms with E-state index in [0.29, 0.717) is 0 Å². The van der Waals surface area contributed by atoms with Gasteiger partial charge in [-0.3, -0.25) is 0 Å². The second-order valence-electron chi connectivity index (χ2n) is 18.0. The van der Waals surface area contributed by atoms with Crippen molar-refractivity contribution in [2.45, 2.75) is 0 Å². The van der Waals surface area contributed by atoms with Gasteiger partial charge >= 0.3 is 0 Å². The molecular formula is C66H42N2O. The Bertz CT molecular complexity index is 4260. The molecule has 3 nitrogen and oxygen atoms in total. The summed E-state index contributed by atoms with van der Waals surface area (Å²) in [5, 5.41) is 12.0. The lowest BCUT2D eigenvalue weighted by Gasteiger charge is -2.26. The van der Waals surface area contributed by atoms with Crippen LogP contribution in [-0.2, 0) is 0 Å². The van der Waals surface area contributed by atoms with E-state index in [1.807, 2.05) is 0 Å². The number of benzene rings is 12. The van der Waals surface area contributed by atoms with Crippen molar-refractivity contribution < 1.29 is 4.42 Å². The van der Waals surface area contributed by atoms with E-state index in [4.69, 9.17) is 4.42 Å². The van der Waals surface area contributed by atoms with Crippen LogP contribution < -0.4 is 4.90 Å². The van der Waals surface area contributed by atoms with Crippen LogP contribution in [-0.4, -0.2) is 4.57 Å². The van der Waals surface area contributed by atoms with Gasteiger partial charge in [0.2, 0.25) is 0 Å². The number of furan rings is 1. The van der Waals surface area contributed by atoms with E-state index in [2.05, 4.69) is 264 Å². The molecule has 0 atom stereocenters. The fraction of sp³-hybridized carbons (Fsp3) is 0. The molecule has 0 bridgehead atoms. The molecule has 14 aromatic rings. The number of para-hydroxylation sites is 3. The summed E-state index contributed by atoms with van der Waals surface area (Å²) in [5.74, 6) is 0. The third-order valence-corrected chi connectivity index (χ3v) is 14.2. The van der Waals surface area contributed by atoms with Gasteiger partial charge in [-0.05, 0) is 133 Å². The molecule has 2 aromatic heterocycles. The van der Waals surface area contributed by atoms with Gasteiger partial charge in [0, 0.05) is 44.0 Å². The minimum absolute atomic E-state index is 0.853. The monoisotopic (exact) mass is 878 g/mol. The van der Waals surface area contributed by atoms with Crippen molar-refractivity contribution in [3.8, 4) is 39.1 Å². The van der Waals surface area contributed by atoms with Crippen LogP contribution in [0.1, 0.15) is 0 Å². The normalized spacial score (nSPS) is 11.8. The molecule has 14 rings (SSSR count). The minimum atomic E-state index is 0.853. The third kappa shape index (κ3) is 6.36. The largest absolute Gasteiger partial charge is 0.453 e. The van der Waals surface area contributed by atoms with Crippen LogP contribution in [0.5, 0.6) is 0 Å². The Morgan fingerprint density at radius 3 is 1.52 bits per heavy atom. The van der Waals surface area contributed by atoms with E-state index in [-0.39, 0.29) is 0 Å². The molecule has 0 aliphatic carbocycles. The number of rotatable bonds is 7. The highest BCUT2D eigenvalue weighted by atomic mass is 16.3. The van der Waals surface area contributed by atoms with Crippen LogP contribution in [0, 0.1) is 0 Å². The Morgan fingerprint density at radius 2 is 0.812 bits per heavy atom. The summed E-state index contributed by atoms with van der Waals surface area (Å²) in [4.78, 5) is 2.34. The van der Waals surface area contributed by atoms with Crippen LogP contribution in [0.25, 0.3) is 115 Å². The maximum Gasteiger partial charge on any atom is 0.159 e. The van der Waals surface area contributed by atoms with Crippen molar-refractivity contribution in [2.75, 3.05) is 4.90 Å². The lowest BCUT2D eigenvalue weighted by molar-refractivity contribution is 0.673. The zero-order chi connectivity index (χ0) is 45.4. The molecule has 0 saturated heterocycles. The Hall–Kier alpha value is -9.18. The topological polar surface area (TPSA) is 21.3 Å². The molecule has 0 saturated carbocycles. The number of hydrogen-bond donors (Lipinski definition) is 0. The summed E-state index contributed by atoms with van der Waals surface area (Å²) in [6.07, 6.45) is 0. The first kappa shape index (κ1) is 39.0. The van der Waals surface area contributed by atoms with Gasteiger partial charge in [-0.1, -0.05) is 182 Å². The van der Waals surface area contributed by atoms with Crippen LogP contribution in [0.4, 0.5) is 17.1 Å². The SMILES string of the molecule is c1cc(-c2ccc(N(c3ccc(-c4cccc(-n5c6ccccc6c6ccccc65)c4)cc3)c3cccc4c3oc3c5ccccc5ccc43)cc2)cc(-c2cc3ccccc3c3ccccc23)c1. The van der Waals surface area contributed by atoms with Crippen molar-refractivity contribution in [3.63, 3.8) is 0 Å². The molecule has 0 amide bonds. The fourth-order valence-corrected chi connectivity index (χ4v) is 10.9. The first-order valence-electron chi connectivity index (χ1n) is 23.7. The summed E-state index contributed by atoms with van der Waals surface area (Å²) in [5.41, 5.74) is 15.4. The standard InChI is InChI=1S/C66H42N2O/c1-4-21-54-45(14-1)34-39-60-59-26-13-29-64(66(59)69-65(54)60)67(51-37-32-44(33-38-51)47-17-12-19-52(41-47)68-62-27-9-7-24-57(62)58-25-8-10-28-63(58)68)50-35-30-43(31-36-50)46-16-11-18-48(40-46)61-42-49-15-2-3-20-53(49)55-22-5-6-23-56(55)61/h1-42H. The molecule has 0 unspecified atom stereocenters. The lowest BCUT2D eigenvalue weighted by atomic mass is 9.92. The highest BCUT2D eigenvalue weighted by Crippen LogP contribution is 2.45. The number of aromatic nitrogens is 1. The van der Waals surface area contributed by atoms with Crippen molar-refractivity contribution >= 4 is 93.1 Å². The fourth-order valence-electron chi connectivity index (χ4n) is 10.9. The first-order valence-corrected chi connectivity index (χ1v) is 23.7. The van der Waals surface area contributed by atoms with E-state index in [1.54, 1.807) is 0 Å². The third-order valence-electron chi connectivity index (χ3n) is 14.2. The van der Waals surface area contributed by atoms with Gasteiger partial charge in [-0.2, -0.15) is 0 Å². The molecule has 0 N–H and O–H groups in total. The Labute approximate surface area is 399 Å². The Balaban J connectivity index is 0.878. The maximum atomic E-state index is 6.98. The Kier molecular flexibility index (Phi) is 8.90. The molecule has 0 aliphatic heterocycles. The van der Waals surface area contributed by atoms with Crippen LogP contribution >= 0.6 is 0 Å². The molecule has 0 spiro atoms. The first-order chi connectivity index (χ1) is 34.2. The van der Waals surface area contributed by atoms with Gasteiger partial charge in [0.1, 0.15) is 5.58 Å². The van der Waals surface area contributed by atoms with Gasteiger partial charge in [0.05, 0.1) is 16.7 Å². The van der Waals surface area contributed by atoms with Gasteiger partial charge in [-0.15, -0.1) is 0 Å². The van der Waals surface area contributed by atoms with Gasteiger partial charge in [0.15, 0.2) is 5.58 Å². The van der Waals surface area contributed by atoms with Crippen LogP contribution in [0.15, 0.2) is 259 Å². The molecule has 12 aromatic carbocycles. The van der Waals surface area contributed by atoms with Gasteiger partial charge in [0.25, 0.3) is 0 Å². The second kappa shape index (κ2) is 15.7. The van der Waals surface area contributed by atoms with E-state index in [0.717, 1.165) is 72.2 Å². The smallest absolute Gasteiger partial charge is 0.159 e. The van der Waals surface area contributed by atoms with Crippen molar-refractivity contribution in [1.29, 1.82) is 0 Å². The zero-order valence-electron chi connectivity index (χ0n) is 37.6. The minimum Gasteiger partial charge on any atom is -0.453 e. The maximum absolute atomic E-state index is 6.98. The van der Waals surface area contributed by atoms with E-state index < -0.39 is 0 Å². The highest BCUT2D eigenvalue weighted by Gasteiger charge is 2.21. The number of fused-ring (bicyclic) bond motifs is 11. The number of nitrogens with zero attached hydrogens (tertiary/aromatic N) is 2. The molecule has 3 heteroatoms. The molecule has 2 heterocycles. The molecule has 0 aliphatic rings. The van der Waals surface area contributed by atoms with E-state index in [1.165, 1.54) is 60.0 Å². The van der Waals surface area contributed by atoms with Crippen LogP contribution in [0.2, 0.25) is 0 Å². The summed E-state index contributed by atoms with van der Waals surface area (Å²) in [6, 6.07) is 92.4. The summed E-state index contributed by atoms with van der Waals surface area (Å²) in [7, 11) is 0. The number of hydrogen-bond acceptors (Lipinski definition) is 2. The number of anilines is 3. The predicted octanol–water partition coefficient (Wildman–Crippen LogP) is 18.6. The zero-order valence-corrected chi connectivity index (χ0v) is 37.6. The molecular weight excluding hydrogens is 837 g/mol. The average molecular weight is 879 g/mol. The van der Waals surface area contributed by atoms with Crippen LogP contribution in [0.3, 0.4) is 0 Å². The molecule has 322 valence electrons. The van der Waals surface area contributed by atoms with Gasteiger partial charge < -0.3 is 13.9 Å². The molecule has 0 fully saturated rings.